The van der Waals surface area contributed by atoms with Gasteiger partial charge in [0.2, 0.25) is 0 Å². The summed E-state index contributed by atoms with van der Waals surface area (Å²) in [4.78, 5) is 15.3. The minimum absolute atomic E-state index is 0.00534. The largest absolute Gasteiger partial charge is 0.469 e. The van der Waals surface area contributed by atoms with Crippen LogP contribution in [0.5, 0.6) is 0 Å². The molecular formula is C13H20N2O3. The van der Waals surface area contributed by atoms with Crippen molar-refractivity contribution in [1.29, 1.82) is 0 Å². The predicted octanol–water partition coefficient (Wildman–Crippen LogP) is 1.79. The van der Waals surface area contributed by atoms with E-state index in [1.165, 1.54) is 7.11 Å². The van der Waals surface area contributed by atoms with Crippen LogP contribution in [0.4, 0.5) is 0 Å². The molecule has 5 heteroatoms. The highest BCUT2D eigenvalue weighted by atomic mass is 16.5. The highest BCUT2D eigenvalue weighted by molar-refractivity contribution is 5.69. The summed E-state index contributed by atoms with van der Waals surface area (Å²) in [5, 5.41) is 9.56. The van der Waals surface area contributed by atoms with Crippen LogP contribution in [0.15, 0.2) is 18.6 Å². The van der Waals surface area contributed by atoms with E-state index in [1.807, 2.05) is 17.7 Å². The van der Waals surface area contributed by atoms with Crippen molar-refractivity contribution < 1.29 is 14.6 Å². The molecule has 0 amide bonds. The smallest absolute Gasteiger partial charge is 0.307 e. The van der Waals surface area contributed by atoms with Crippen LogP contribution in [-0.4, -0.2) is 33.3 Å². The van der Waals surface area contributed by atoms with Gasteiger partial charge in [-0.1, -0.05) is 6.08 Å². The fourth-order valence-electron chi connectivity index (χ4n) is 1.40. The first kappa shape index (κ1) is 14.4. The Kier molecular flexibility index (Phi) is 4.67. The van der Waals surface area contributed by atoms with E-state index in [2.05, 4.69) is 9.72 Å². The molecule has 1 unspecified atom stereocenters. The van der Waals surface area contributed by atoms with Gasteiger partial charge in [-0.2, -0.15) is 0 Å². The van der Waals surface area contributed by atoms with Gasteiger partial charge in [0.15, 0.2) is 0 Å². The number of carbonyl (C=O) groups is 1. The van der Waals surface area contributed by atoms with Crippen molar-refractivity contribution in [2.45, 2.75) is 38.8 Å². The fourth-order valence-corrected chi connectivity index (χ4v) is 1.40. The second-order valence-corrected chi connectivity index (χ2v) is 4.86. The number of methoxy groups -OCH3 is 1. The first-order chi connectivity index (χ1) is 8.31. The number of aromatic nitrogens is 2. The van der Waals surface area contributed by atoms with Gasteiger partial charge in [0.05, 0.1) is 31.2 Å². The molecule has 0 spiro atoms. The first-order valence-electron chi connectivity index (χ1n) is 5.84. The summed E-state index contributed by atoms with van der Waals surface area (Å²) >= 11 is 0. The molecule has 1 heterocycles. The molecule has 0 aliphatic rings. The number of nitrogens with zero attached hydrogens (tertiary/aromatic N) is 2. The Morgan fingerprint density at radius 3 is 2.89 bits per heavy atom. The molecule has 5 nitrogen and oxygen atoms in total. The molecule has 0 bridgehead atoms. The maximum Gasteiger partial charge on any atom is 0.307 e. The van der Waals surface area contributed by atoms with Gasteiger partial charge in [0.25, 0.3) is 0 Å². The molecule has 0 saturated carbocycles. The molecular weight excluding hydrogens is 232 g/mol. The minimum Gasteiger partial charge on any atom is -0.469 e. The standard InChI is InChI=1S/C13H20N2O3/c1-10(7-12(16)18-4)15-8-11(14-9-15)5-6-13(2,3)17/h5-6,8-10,17H,7H2,1-4H3/b6-5+. The maximum atomic E-state index is 11.2. The van der Waals surface area contributed by atoms with Gasteiger partial charge >= 0.3 is 5.97 Å². The number of hydrogen-bond donors (Lipinski definition) is 1. The lowest BCUT2D eigenvalue weighted by atomic mass is 10.1. The van der Waals surface area contributed by atoms with Gasteiger partial charge in [-0.3, -0.25) is 4.79 Å². The van der Waals surface area contributed by atoms with Crippen molar-refractivity contribution in [2.24, 2.45) is 0 Å². The number of aliphatic hydroxyl groups is 1. The summed E-state index contributed by atoms with van der Waals surface area (Å²) in [6.07, 6.45) is 7.22. The van der Waals surface area contributed by atoms with Gasteiger partial charge in [-0.05, 0) is 26.8 Å². The average Bonchev–Trinajstić information content (AvgIpc) is 2.74. The van der Waals surface area contributed by atoms with Crippen molar-refractivity contribution in [3.8, 4) is 0 Å². The summed E-state index contributed by atoms with van der Waals surface area (Å²) in [6.45, 7) is 5.31. The van der Waals surface area contributed by atoms with Crippen LogP contribution < -0.4 is 0 Å². The van der Waals surface area contributed by atoms with Crippen LogP contribution in [0.1, 0.15) is 38.9 Å². The van der Waals surface area contributed by atoms with Crippen LogP contribution in [0.2, 0.25) is 0 Å². The molecule has 0 aromatic carbocycles. The Morgan fingerprint density at radius 1 is 1.67 bits per heavy atom. The lowest BCUT2D eigenvalue weighted by Crippen LogP contribution is -2.13. The third-order valence-electron chi connectivity index (χ3n) is 2.48. The van der Waals surface area contributed by atoms with E-state index in [0.29, 0.717) is 6.42 Å². The Balaban J connectivity index is 2.68. The monoisotopic (exact) mass is 252 g/mol. The van der Waals surface area contributed by atoms with Crippen molar-refractivity contribution in [3.05, 3.63) is 24.3 Å². The van der Waals surface area contributed by atoms with Gasteiger partial charge < -0.3 is 14.4 Å². The quantitative estimate of drug-likeness (QED) is 0.811. The summed E-state index contributed by atoms with van der Waals surface area (Å²) in [5.41, 5.74) is -0.115. The van der Waals surface area contributed by atoms with E-state index in [4.69, 9.17) is 0 Å². The van der Waals surface area contributed by atoms with E-state index in [9.17, 15) is 9.90 Å². The van der Waals surface area contributed by atoms with Crippen LogP contribution in [-0.2, 0) is 9.53 Å². The van der Waals surface area contributed by atoms with Gasteiger partial charge in [-0.15, -0.1) is 0 Å². The minimum atomic E-state index is -0.860. The topological polar surface area (TPSA) is 64.4 Å². The lowest BCUT2D eigenvalue weighted by Gasteiger charge is -2.11. The second kappa shape index (κ2) is 5.82. The maximum absolute atomic E-state index is 11.2. The highest BCUT2D eigenvalue weighted by Crippen LogP contribution is 2.13. The molecule has 1 N–H and O–H groups in total. The van der Waals surface area contributed by atoms with Gasteiger partial charge in [0.1, 0.15) is 0 Å². The zero-order valence-corrected chi connectivity index (χ0v) is 11.3. The van der Waals surface area contributed by atoms with Gasteiger partial charge in [-0.25, -0.2) is 4.98 Å². The van der Waals surface area contributed by atoms with Crippen molar-refractivity contribution in [1.82, 2.24) is 9.55 Å². The molecule has 1 aromatic heterocycles. The zero-order chi connectivity index (χ0) is 13.8. The van der Waals surface area contributed by atoms with Crippen LogP contribution >= 0.6 is 0 Å². The lowest BCUT2D eigenvalue weighted by molar-refractivity contribution is -0.141. The highest BCUT2D eigenvalue weighted by Gasteiger charge is 2.11. The average molecular weight is 252 g/mol. The first-order valence-corrected chi connectivity index (χ1v) is 5.84. The Bertz CT molecular complexity index is 430. The fraction of sp³-hybridized carbons (Fsp3) is 0.538. The number of carbonyl (C=O) groups excluding carboxylic acids is 1. The summed E-state index contributed by atoms with van der Waals surface area (Å²) in [6, 6.07) is -0.00534. The van der Waals surface area contributed by atoms with E-state index in [-0.39, 0.29) is 12.0 Å². The normalized spacial score (nSPS) is 13.8. The van der Waals surface area contributed by atoms with Crippen LogP contribution in [0.3, 0.4) is 0 Å². The summed E-state index contributed by atoms with van der Waals surface area (Å²) in [7, 11) is 1.38. The number of rotatable bonds is 5. The van der Waals surface area contributed by atoms with Crippen LogP contribution in [0.25, 0.3) is 6.08 Å². The number of ether oxygens (including phenoxy) is 1. The number of imidazole rings is 1. The van der Waals surface area contributed by atoms with E-state index in [0.717, 1.165) is 5.69 Å². The molecule has 0 fully saturated rings. The molecule has 1 rings (SSSR count). The number of hydrogen-bond acceptors (Lipinski definition) is 4. The Labute approximate surface area is 107 Å². The molecule has 1 atom stereocenters. The number of esters is 1. The van der Waals surface area contributed by atoms with Crippen molar-refractivity contribution >= 4 is 12.0 Å². The molecule has 0 aliphatic carbocycles. The summed E-state index contributed by atoms with van der Waals surface area (Å²) < 4.78 is 6.47. The Hall–Kier alpha value is -1.62. The molecule has 0 aliphatic heterocycles. The van der Waals surface area contributed by atoms with Gasteiger partial charge in [0, 0.05) is 12.2 Å². The van der Waals surface area contributed by atoms with Crippen molar-refractivity contribution in [3.63, 3.8) is 0 Å². The third kappa shape index (κ3) is 4.71. The van der Waals surface area contributed by atoms with E-state index >= 15 is 0 Å². The third-order valence-corrected chi connectivity index (χ3v) is 2.48. The van der Waals surface area contributed by atoms with Crippen molar-refractivity contribution in [2.75, 3.05) is 7.11 Å². The molecule has 0 saturated heterocycles. The second-order valence-electron chi connectivity index (χ2n) is 4.86. The SMILES string of the molecule is COC(=O)CC(C)n1cnc(/C=C/C(C)(C)O)c1. The summed E-state index contributed by atoms with van der Waals surface area (Å²) in [5.74, 6) is -0.246. The molecule has 100 valence electrons. The molecule has 0 radical (unpaired) electrons. The molecule has 1 aromatic rings. The predicted molar refractivity (Wildman–Crippen MR) is 68.9 cm³/mol. The Morgan fingerprint density at radius 2 is 2.33 bits per heavy atom. The van der Waals surface area contributed by atoms with E-state index in [1.54, 1.807) is 32.3 Å². The molecule has 18 heavy (non-hydrogen) atoms. The van der Waals surface area contributed by atoms with Crippen LogP contribution in [0, 0.1) is 0 Å². The zero-order valence-electron chi connectivity index (χ0n) is 11.3. The van der Waals surface area contributed by atoms with E-state index < -0.39 is 5.60 Å².